The maximum absolute atomic E-state index is 2.49. The molecule has 154 valence electrons. The molecule has 2 aromatic rings. The van der Waals surface area contributed by atoms with Crippen molar-refractivity contribution in [2.45, 2.75) is 105 Å². The molecule has 0 fully saturated rings. The van der Waals surface area contributed by atoms with Crippen LogP contribution in [0.3, 0.4) is 0 Å². The molecule has 0 bridgehead atoms. The number of unbranched alkanes of at least 4 members (excludes halogenated alkanes) is 4. The zero-order valence-electron chi connectivity index (χ0n) is 19.3. The van der Waals surface area contributed by atoms with Crippen LogP contribution in [0.2, 0.25) is 0 Å². The third-order valence-corrected chi connectivity index (χ3v) is 5.99. The van der Waals surface area contributed by atoms with Gasteiger partial charge >= 0.3 is 0 Å². The molecule has 0 atom stereocenters. The van der Waals surface area contributed by atoms with Crippen LogP contribution in [-0.2, 0) is 12.8 Å². The Kier molecular flexibility index (Phi) is 9.29. The van der Waals surface area contributed by atoms with Gasteiger partial charge in [-0.15, -0.1) is 0 Å². The first kappa shape index (κ1) is 22.7. The maximum atomic E-state index is 2.49. The quantitative estimate of drug-likeness (QED) is 0.342. The number of hydrogen-bond acceptors (Lipinski definition) is 0. The largest absolute Gasteiger partial charge is 0.0654 e. The van der Waals surface area contributed by atoms with Gasteiger partial charge in [0.2, 0.25) is 0 Å². The molecule has 28 heavy (non-hydrogen) atoms. The molecular weight excluding hydrogens is 336 g/mol. The fraction of sp³-hybridized carbons (Fsp3) is 0.571. The Hall–Kier alpha value is -1.56. The molecule has 0 unspecified atom stereocenters. The van der Waals surface area contributed by atoms with Gasteiger partial charge < -0.3 is 0 Å². The van der Waals surface area contributed by atoms with Gasteiger partial charge in [-0.2, -0.15) is 0 Å². The highest BCUT2D eigenvalue weighted by molar-refractivity contribution is 5.72. The Morgan fingerprint density at radius 3 is 1.29 bits per heavy atom. The Bertz CT molecular complexity index is 657. The van der Waals surface area contributed by atoms with Crippen LogP contribution in [0.5, 0.6) is 0 Å². The van der Waals surface area contributed by atoms with Crippen molar-refractivity contribution in [3.05, 3.63) is 58.7 Å². The van der Waals surface area contributed by atoms with E-state index in [-0.39, 0.29) is 0 Å². The average molecular weight is 379 g/mol. The Balaban J connectivity index is 2.53. The van der Waals surface area contributed by atoms with Crippen LogP contribution >= 0.6 is 0 Å². The van der Waals surface area contributed by atoms with Gasteiger partial charge in [-0.1, -0.05) is 104 Å². The van der Waals surface area contributed by atoms with Crippen LogP contribution < -0.4 is 0 Å². The first-order valence-electron chi connectivity index (χ1n) is 11.7. The molecule has 2 aromatic carbocycles. The molecule has 0 aliphatic heterocycles. The van der Waals surface area contributed by atoms with Crippen molar-refractivity contribution in [3.63, 3.8) is 0 Å². The summed E-state index contributed by atoms with van der Waals surface area (Å²) >= 11 is 0. The van der Waals surface area contributed by atoms with Gasteiger partial charge in [0.05, 0.1) is 0 Å². The number of hydrogen-bond donors (Lipinski definition) is 0. The van der Waals surface area contributed by atoms with Crippen molar-refractivity contribution in [2.75, 3.05) is 0 Å². The van der Waals surface area contributed by atoms with E-state index in [0.717, 1.165) is 0 Å². The van der Waals surface area contributed by atoms with Gasteiger partial charge in [0.1, 0.15) is 0 Å². The zero-order valence-corrected chi connectivity index (χ0v) is 19.3. The highest BCUT2D eigenvalue weighted by Gasteiger charge is 2.14. The molecule has 0 amide bonds. The molecule has 0 heteroatoms. The molecule has 0 heterocycles. The topological polar surface area (TPSA) is 0 Å². The van der Waals surface area contributed by atoms with Crippen molar-refractivity contribution in [1.82, 2.24) is 0 Å². The van der Waals surface area contributed by atoms with Gasteiger partial charge in [-0.3, -0.25) is 0 Å². The molecule has 0 aliphatic carbocycles. The van der Waals surface area contributed by atoms with E-state index in [9.17, 15) is 0 Å². The minimum atomic E-state index is 0.570. The minimum absolute atomic E-state index is 0.570. The van der Waals surface area contributed by atoms with E-state index in [4.69, 9.17) is 0 Å². The standard InChI is InChI=1S/C28H42/c1-7-9-11-13-23-15-17-25(21(3)4)19-27(23)28-20-26(22(5)6)18-16-24(28)14-12-10-8-2/h15-22H,7-14H2,1-6H3. The van der Waals surface area contributed by atoms with Crippen LogP contribution in [-0.4, -0.2) is 0 Å². The van der Waals surface area contributed by atoms with E-state index >= 15 is 0 Å². The summed E-state index contributed by atoms with van der Waals surface area (Å²) in [6.45, 7) is 13.8. The molecule has 0 aromatic heterocycles. The van der Waals surface area contributed by atoms with E-state index < -0.39 is 0 Å². The Morgan fingerprint density at radius 2 is 0.964 bits per heavy atom. The molecule has 0 aliphatic rings. The number of aryl methyl sites for hydroxylation is 2. The van der Waals surface area contributed by atoms with Crippen LogP contribution in [0.4, 0.5) is 0 Å². The molecule has 0 nitrogen and oxygen atoms in total. The van der Waals surface area contributed by atoms with E-state index in [1.807, 2.05) is 0 Å². The van der Waals surface area contributed by atoms with Crippen molar-refractivity contribution < 1.29 is 0 Å². The number of benzene rings is 2. The summed E-state index contributed by atoms with van der Waals surface area (Å²) < 4.78 is 0. The summed E-state index contributed by atoms with van der Waals surface area (Å²) in [7, 11) is 0. The molecule has 0 saturated heterocycles. The molecular formula is C28H42. The minimum Gasteiger partial charge on any atom is -0.0654 e. The Labute approximate surface area is 174 Å². The summed E-state index contributed by atoms with van der Waals surface area (Å²) in [4.78, 5) is 0. The summed E-state index contributed by atoms with van der Waals surface area (Å²) in [6, 6.07) is 14.5. The maximum Gasteiger partial charge on any atom is -0.0146 e. The SMILES string of the molecule is CCCCCc1ccc(C(C)C)cc1-c1cc(C(C)C)ccc1CCCCC. The predicted molar refractivity (Wildman–Crippen MR) is 127 cm³/mol. The molecule has 0 saturated carbocycles. The van der Waals surface area contributed by atoms with Gasteiger partial charge in [-0.05, 0) is 70.9 Å². The average Bonchev–Trinajstić information content (AvgIpc) is 2.68. The molecule has 2 rings (SSSR count). The van der Waals surface area contributed by atoms with Gasteiger partial charge in [0.25, 0.3) is 0 Å². The monoisotopic (exact) mass is 378 g/mol. The lowest BCUT2D eigenvalue weighted by Gasteiger charge is -2.19. The van der Waals surface area contributed by atoms with Crippen LogP contribution in [0.1, 0.15) is 114 Å². The summed E-state index contributed by atoms with van der Waals surface area (Å²) in [5, 5.41) is 0. The second kappa shape index (κ2) is 11.4. The summed E-state index contributed by atoms with van der Waals surface area (Å²) in [6.07, 6.45) is 10.2. The smallest absolute Gasteiger partial charge is 0.0146 e. The van der Waals surface area contributed by atoms with Gasteiger partial charge in [-0.25, -0.2) is 0 Å². The third kappa shape index (κ3) is 6.23. The fourth-order valence-corrected chi connectivity index (χ4v) is 3.97. The van der Waals surface area contributed by atoms with E-state index in [0.29, 0.717) is 11.8 Å². The van der Waals surface area contributed by atoms with Crippen molar-refractivity contribution in [1.29, 1.82) is 0 Å². The van der Waals surface area contributed by atoms with E-state index in [2.05, 4.69) is 77.9 Å². The second-order valence-corrected chi connectivity index (χ2v) is 9.06. The van der Waals surface area contributed by atoms with Gasteiger partial charge in [0.15, 0.2) is 0 Å². The van der Waals surface area contributed by atoms with Gasteiger partial charge in [0, 0.05) is 0 Å². The van der Waals surface area contributed by atoms with E-state index in [1.165, 1.54) is 84.7 Å². The molecule has 0 radical (unpaired) electrons. The fourth-order valence-electron chi connectivity index (χ4n) is 3.97. The van der Waals surface area contributed by atoms with Crippen LogP contribution in [0, 0.1) is 0 Å². The van der Waals surface area contributed by atoms with Crippen molar-refractivity contribution >= 4 is 0 Å². The number of rotatable bonds is 11. The van der Waals surface area contributed by atoms with Crippen molar-refractivity contribution in [2.24, 2.45) is 0 Å². The lowest BCUT2D eigenvalue weighted by Crippen LogP contribution is -2.00. The second-order valence-electron chi connectivity index (χ2n) is 9.06. The highest BCUT2D eigenvalue weighted by atomic mass is 14.2. The van der Waals surface area contributed by atoms with Crippen molar-refractivity contribution in [3.8, 4) is 11.1 Å². The summed E-state index contributed by atoms with van der Waals surface area (Å²) in [5.41, 5.74) is 8.99. The molecule has 0 spiro atoms. The molecule has 0 N–H and O–H groups in total. The van der Waals surface area contributed by atoms with Crippen LogP contribution in [0.25, 0.3) is 11.1 Å². The van der Waals surface area contributed by atoms with Crippen LogP contribution in [0.15, 0.2) is 36.4 Å². The third-order valence-electron chi connectivity index (χ3n) is 5.99. The lowest BCUT2D eigenvalue weighted by molar-refractivity contribution is 0.714. The first-order chi connectivity index (χ1) is 13.5. The Morgan fingerprint density at radius 1 is 0.571 bits per heavy atom. The lowest BCUT2D eigenvalue weighted by atomic mass is 9.86. The first-order valence-corrected chi connectivity index (χ1v) is 11.7. The normalized spacial score (nSPS) is 11.6. The highest BCUT2D eigenvalue weighted by Crippen LogP contribution is 2.34. The zero-order chi connectivity index (χ0) is 20.5. The predicted octanol–water partition coefficient (Wildman–Crippen LogP) is 9.07. The summed E-state index contributed by atoms with van der Waals surface area (Å²) in [5.74, 6) is 1.14. The van der Waals surface area contributed by atoms with E-state index in [1.54, 1.807) is 0 Å².